The Balaban J connectivity index is 1.99. The van der Waals surface area contributed by atoms with Gasteiger partial charge in [0.05, 0.1) is 9.26 Å². The fraction of sp³-hybridized carbons (Fsp3) is 0.375. The van der Waals surface area contributed by atoms with E-state index in [0.717, 1.165) is 27.9 Å². The fourth-order valence-corrected chi connectivity index (χ4v) is 3.70. The van der Waals surface area contributed by atoms with Gasteiger partial charge in [0.15, 0.2) is 0 Å². The minimum atomic E-state index is -0.00439. The molecule has 1 aromatic carbocycles. The topological polar surface area (TPSA) is 45.8 Å². The van der Waals surface area contributed by atoms with Gasteiger partial charge in [-0.15, -0.1) is 0 Å². The smallest absolute Gasteiger partial charge is 0.264 e. The summed E-state index contributed by atoms with van der Waals surface area (Å²) in [6.07, 6.45) is 1.94. The number of halogens is 1. The van der Waals surface area contributed by atoms with Gasteiger partial charge in [0, 0.05) is 5.92 Å². The van der Waals surface area contributed by atoms with Gasteiger partial charge < -0.3 is 4.98 Å². The van der Waals surface area contributed by atoms with Crippen LogP contribution in [-0.2, 0) is 12.8 Å². The van der Waals surface area contributed by atoms with E-state index < -0.39 is 0 Å². The summed E-state index contributed by atoms with van der Waals surface area (Å²) < 4.78 is 0.719. The zero-order valence-electron chi connectivity index (χ0n) is 11.6. The average Bonchev–Trinajstić information content (AvgIpc) is 2.85. The number of aromatic nitrogens is 2. The summed E-state index contributed by atoms with van der Waals surface area (Å²) in [7, 11) is 0. The van der Waals surface area contributed by atoms with Gasteiger partial charge in [0.1, 0.15) is 5.82 Å². The summed E-state index contributed by atoms with van der Waals surface area (Å²) in [6, 6.07) is 8.49. The number of H-pyrrole nitrogens is 1. The van der Waals surface area contributed by atoms with Crippen molar-refractivity contribution in [3.8, 4) is 0 Å². The van der Waals surface area contributed by atoms with Gasteiger partial charge >= 0.3 is 0 Å². The van der Waals surface area contributed by atoms with Gasteiger partial charge in [0.2, 0.25) is 0 Å². The number of nitrogens with one attached hydrogen (secondary N) is 1. The van der Waals surface area contributed by atoms with Crippen molar-refractivity contribution >= 4 is 22.6 Å². The second-order valence-corrected chi connectivity index (χ2v) is 6.76. The molecule has 0 aliphatic heterocycles. The number of nitrogens with zero attached hydrogens (tertiary/aromatic N) is 1. The van der Waals surface area contributed by atoms with Crippen molar-refractivity contribution in [1.82, 2.24) is 9.97 Å². The first kappa shape index (κ1) is 13.8. The molecular weight excluding hydrogens is 363 g/mol. The van der Waals surface area contributed by atoms with Gasteiger partial charge in [-0.3, -0.25) is 4.79 Å². The van der Waals surface area contributed by atoms with Gasteiger partial charge in [0.25, 0.3) is 5.56 Å². The summed E-state index contributed by atoms with van der Waals surface area (Å²) in [5.41, 5.74) is 3.67. The normalized spacial score (nSPS) is 14.8. The molecule has 1 N–H and O–H groups in total. The van der Waals surface area contributed by atoms with Gasteiger partial charge in [-0.1, -0.05) is 38.1 Å². The Bertz CT molecular complexity index is 681. The summed E-state index contributed by atoms with van der Waals surface area (Å²) in [6.45, 7) is 4.16. The van der Waals surface area contributed by atoms with Crippen LogP contribution in [0, 0.1) is 3.57 Å². The third-order valence-electron chi connectivity index (χ3n) is 3.89. The van der Waals surface area contributed by atoms with Crippen molar-refractivity contribution in [3.05, 3.63) is 60.8 Å². The van der Waals surface area contributed by atoms with Crippen molar-refractivity contribution in [2.75, 3.05) is 0 Å². The second-order valence-electron chi connectivity index (χ2n) is 5.68. The molecule has 1 heterocycles. The van der Waals surface area contributed by atoms with E-state index in [1.165, 1.54) is 11.1 Å². The molecule has 1 aliphatic rings. The van der Waals surface area contributed by atoms with Crippen LogP contribution in [0.15, 0.2) is 29.1 Å². The number of hydrogen-bond donors (Lipinski definition) is 1. The maximum atomic E-state index is 12.1. The molecule has 0 fully saturated rings. The van der Waals surface area contributed by atoms with E-state index in [1.807, 2.05) is 0 Å². The Labute approximate surface area is 132 Å². The van der Waals surface area contributed by atoms with Crippen molar-refractivity contribution in [2.24, 2.45) is 0 Å². The quantitative estimate of drug-likeness (QED) is 0.812. The average molecular weight is 380 g/mol. The Morgan fingerprint density at radius 1 is 1.25 bits per heavy atom. The molecule has 3 nitrogen and oxygen atoms in total. The number of rotatable bonds is 2. The highest BCUT2D eigenvalue weighted by atomic mass is 127. The monoisotopic (exact) mass is 380 g/mol. The van der Waals surface area contributed by atoms with Crippen molar-refractivity contribution in [3.63, 3.8) is 0 Å². The molecule has 2 aromatic rings. The van der Waals surface area contributed by atoms with Gasteiger partial charge in [-0.05, 0) is 52.5 Å². The lowest BCUT2D eigenvalue weighted by molar-refractivity contribution is 0.656. The molecule has 3 rings (SSSR count). The summed E-state index contributed by atoms with van der Waals surface area (Å²) in [5.74, 6) is 1.41. The third kappa shape index (κ3) is 2.41. The van der Waals surface area contributed by atoms with Crippen LogP contribution in [0.5, 0.6) is 0 Å². The van der Waals surface area contributed by atoms with Gasteiger partial charge in [-0.25, -0.2) is 4.98 Å². The minimum absolute atomic E-state index is 0.00439. The van der Waals surface area contributed by atoms with Crippen LogP contribution in [0.25, 0.3) is 0 Å². The van der Waals surface area contributed by atoms with Crippen LogP contribution >= 0.6 is 22.6 Å². The first-order chi connectivity index (χ1) is 9.56. The molecule has 0 amide bonds. The number of hydrogen-bond acceptors (Lipinski definition) is 2. The molecular formula is C16H17IN2O. The fourth-order valence-electron chi connectivity index (χ4n) is 2.82. The first-order valence-corrected chi connectivity index (χ1v) is 8.00. The molecule has 0 atom stereocenters. The standard InChI is InChI=1S/C16H17IN2O/c1-9(2)14-13(17)16(20)19-15(18-14)12-7-10-5-3-4-6-11(10)8-12/h3-6,9,12H,7-8H2,1-2H3,(H,18,19,20). The van der Waals surface area contributed by atoms with E-state index in [-0.39, 0.29) is 11.5 Å². The number of aromatic amines is 1. The molecule has 0 unspecified atom stereocenters. The lowest BCUT2D eigenvalue weighted by Gasteiger charge is -2.13. The maximum Gasteiger partial charge on any atom is 0.264 e. The Hall–Kier alpha value is -1.17. The van der Waals surface area contributed by atoms with E-state index in [0.29, 0.717) is 5.92 Å². The van der Waals surface area contributed by atoms with Crippen LogP contribution in [0.2, 0.25) is 0 Å². The first-order valence-electron chi connectivity index (χ1n) is 6.92. The lowest BCUT2D eigenvalue weighted by Crippen LogP contribution is -2.21. The minimum Gasteiger partial charge on any atom is -0.309 e. The second kappa shape index (κ2) is 5.31. The molecule has 0 bridgehead atoms. The van der Waals surface area contributed by atoms with E-state index in [4.69, 9.17) is 4.98 Å². The summed E-state index contributed by atoms with van der Waals surface area (Å²) in [5, 5.41) is 0. The van der Waals surface area contributed by atoms with E-state index >= 15 is 0 Å². The molecule has 4 heteroatoms. The highest BCUT2D eigenvalue weighted by Gasteiger charge is 2.25. The van der Waals surface area contributed by atoms with E-state index in [2.05, 4.69) is 65.7 Å². The van der Waals surface area contributed by atoms with Crippen molar-refractivity contribution < 1.29 is 0 Å². The largest absolute Gasteiger partial charge is 0.309 e. The van der Waals surface area contributed by atoms with Crippen LogP contribution in [0.4, 0.5) is 0 Å². The molecule has 1 aromatic heterocycles. The molecule has 0 spiro atoms. The van der Waals surface area contributed by atoms with Gasteiger partial charge in [-0.2, -0.15) is 0 Å². The van der Waals surface area contributed by atoms with Crippen LogP contribution in [-0.4, -0.2) is 9.97 Å². The highest BCUT2D eigenvalue weighted by molar-refractivity contribution is 14.1. The maximum absolute atomic E-state index is 12.1. The Morgan fingerprint density at radius 3 is 2.40 bits per heavy atom. The zero-order valence-corrected chi connectivity index (χ0v) is 13.8. The molecule has 0 saturated heterocycles. The Kier molecular flexibility index (Phi) is 3.67. The predicted molar refractivity (Wildman–Crippen MR) is 88.3 cm³/mol. The van der Waals surface area contributed by atoms with E-state index in [9.17, 15) is 4.79 Å². The molecule has 0 radical (unpaired) electrons. The van der Waals surface area contributed by atoms with Crippen LogP contribution < -0.4 is 5.56 Å². The molecule has 104 valence electrons. The van der Waals surface area contributed by atoms with E-state index in [1.54, 1.807) is 0 Å². The summed E-state index contributed by atoms with van der Waals surface area (Å²) in [4.78, 5) is 19.8. The van der Waals surface area contributed by atoms with Crippen molar-refractivity contribution in [2.45, 2.75) is 38.5 Å². The van der Waals surface area contributed by atoms with Crippen LogP contribution in [0.1, 0.15) is 48.3 Å². The van der Waals surface area contributed by atoms with Crippen LogP contribution in [0.3, 0.4) is 0 Å². The lowest BCUT2D eigenvalue weighted by atomic mass is 10.0. The Morgan fingerprint density at radius 2 is 1.85 bits per heavy atom. The zero-order chi connectivity index (χ0) is 14.3. The van der Waals surface area contributed by atoms with Crippen molar-refractivity contribution in [1.29, 1.82) is 0 Å². The number of benzene rings is 1. The SMILES string of the molecule is CC(C)c1nc(C2Cc3ccccc3C2)[nH]c(=O)c1I. The summed E-state index contributed by atoms with van der Waals surface area (Å²) >= 11 is 2.09. The molecule has 20 heavy (non-hydrogen) atoms. The highest BCUT2D eigenvalue weighted by Crippen LogP contribution is 2.32. The number of fused-ring (bicyclic) bond motifs is 1. The predicted octanol–water partition coefficient (Wildman–Crippen LogP) is 3.38. The molecule has 1 aliphatic carbocycles. The molecule has 0 saturated carbocycles. The third-order valence-corrected chi connectivity index (χ3v) is 4.93.